The average molecular weight is 190 g/mol. The van der Waals surface area contributed by atoms with Crippen molar-refractivity contribution in [1.29, 1.82) is 0 Å². The van der Waals surface area contributed by atoms with Crippen LogP contribution in [0.5, 0.6) is 0 Å². The van der Waals surface area contributed by atoms with Crippen LogP contribution in [0.15, 0.2) is 0 Å². The SMILES string of the molecule is N[C@@H]1CCN(S(=O)(=O)C2CC2)C1. The van der Waals surface area contributed by atoms with Gasteiger partial charge in [0.1, 0.15) is 0 Å². The molecule has 12 heavy (non-hydrogen) atoms. The van der Waals surface area contributed by atoms with Crippen LogP contribution in [0.3, 0.4) is 0 Å². The van der Waals surface area contributed by atoms with E-state index in [9.17, 15) is 8.42 Å². The van der Waals surface area contributed by atoms with E-state index < -0.39 is 10.0 Å². The summed E-state index contributed by atoms with van der Waals surface area (Å²) in [6, 6.07) is 0.0542. The second-order valence-electron chi connectivity index (χ2n) is 3.65. The summed E-state index contributed by atoms with van der Waals surface area (Å²) in [6.45, 7) is 1.15. The van der Waals surface area contributed by atoms with Crippen LogP contribution < -0.4 is 5.73 Å². The van der Waals surface area contributed by atoms with Crippen LogP contribution in [0.2, 0.25) is 0 Å². The lowest BCUT2D eigenvalue weighted by Crippen LogP contribution is -2.34. The fourth-order valence-corrected chi connectivity index (χ4v) is 3.47. The lowest BCUT2D eigenvalue weighted by Gasteiger charge is -2.14. The van der Waals surface area contributed by atoms with E-state index in [-0.39, 0.29) is 11.3 Å². The van der Waals surface area contributed by atoms with E-state index in [1.807, 2.05) is 0 Å². The van der Waals surface area contributed by atoms with Gasteiger partial charge in [-0.15, -0.1) is 0 Å². The Balaban J connectivity index is 2.08. The molecular weight excluding hydrogens is 176 g/mol. The van der Waals surface area contributed by atoms with Gasteiger partial charge in [-0.3, -0.25) is 0 Å². The molecule has 0 aromatic heterocycles. The van der Waals surface area contributed by atoms with Crippen LogP contribution >= 0.6 is 0 Å². The summed E-state index contributed by atoms with van der Waals surface area (Å²) in [4.78, 5) is 0. The zero-order valence-corrected chi connectivity index (χ0v) is 7.76. The molecule has 1 heterocycles. The van der Waals surface area contributed by atoms with Crippen LogP contribution in [0.1, 0.15) is 19.3 Å². The Morgan fingerprint density at radius 2 is 1.92 bits per heavy atom. The van der Waals surface area contributed by atoms with Crippen molar-refractivity contribution in [3.8, 4) is 0 Å². The smallest absolute Gasteiger partial charge is 0.217 e. The maximum atomic E-state index is 11.6. The number of hydrogen-bond acceptors (Lipinski definition) is 3. The van der Waals surface area contributed by atoms with Gasteiger partial charge in [0.25, 0.3) is 0 Å². The van der Waals surface area contributed by atoms with Crippen LogP contribution in [-0.2, 0) is 10.0 Å². The normalized spacial score (nSPS) is 32.6. The lowest BCUT2D eigenvalue weighted by atomic mass is 10.3. The zero-order valence-electron chi connectivity index (χ0n) is 6.94. The number of rotatable bonds is 2. The van der Waals surface area contributed by atoms with Gasteiger partial charge in [-0.2, -0.15) is 0 Å². The molecular formula is C7H14N2O2S. The highest BCUT2D eigenvalue weighted by Gasteiger charge is 2.41. The van der Waals surface area contributed by atoms with Crippen molar-refractivity contribution in [2.45, 2.75) is 30.6 Å². The van der Waals surface area contributed by atoms with Crippen molar-refractivity contribution < 1.29 is 8.42 Å². The third kappa shape index (κ3) is 1.36. The number of sulfonamides is 1. The number of nitrogens with two attached hydrogens (primary N) is 1. The van der Waals surface area contributed by atoms with Crippen LogP contribution in [0, 0.1) is 0 Å². The van der Waals surface area contributed by atoms with Crippen molar-refractivity contribution in [2.24, 2.45) is 5.73 Å². The first-order valence-electron chi connectivity index (χ1n) is 4.35. The van der Waals surface area contributed by atoms with Gasteiger partial charge in [0.2, 0.25) is 10.0 Å². The first-order valence-corrected chi connectivity index (χ1v) is 5.85. The fraction of sp³-hybridized carbons (Fsp3) is 1.00. The quantitative estimate of drug-likeness (QED) is 0.639. The minimum absolute atomic E-state index is 0.0542. The van der Waals surface area contributed by atoms with Gasteiger partial charge in [-0.1, -0.05) is 0 Å². The highest BCUT2D eigenvalue weighted by molar-refractivity contribution is 7.90. The van der Waals surface area contributed by atoms with Crippen molar-refractivity contribution in [3.05, 3.63) is 0 Å². The van der Waals surface area contributed by atoms with Crippen molar-refractivity contribution in [2.75, 3.05) is 13.1 Å². The Bertz CT molecular complexity index is 271. The molecule has 0 amide bonds. The van der Waals surface area contributed by atoms with Crippen LogP contribution in [0.4, 0.5) is 0 Å². The number of hydrogen-bond donors (Lipinski definition) is 1. The molecule has 1 aliphatic carbocycles. The summed E-state index contributed by atoms with van der Waals surface area (Å²) in [5, 5.41) is -0.0807. The molecule has 0 aromatic carbocycles. The summed E-state index contributed by atoms with van der Waals surface area (Å²) in [7, 11) is -2.95. The van der Waals surface area contributed by atoms with Gasteiger partial charge < -0.3 is 5.73 Å². The minimum atomic E-state index is -2.95. The molecule has 2 fully saturated rings. The molecule has 5 heteroatoms. The van der Waals surface area contributed by atoms with Crippen molar-refractivity contribution >= 4 is 10.0 Å². The zero-order chi connectivity index (χ0) is 8.77. The second kappa shape index (κ2) is 2.68. The van der Waals surface area contributed by atoms with E-state index in [0.717, 1.165) is 19.3 Å². The molecule has 0 radical (unpaired) electrons. The van der Waals surface area contributed by atoms with Gasteiger partial charge >= 0.3 is 0 Å². The van der Waals surface area contributed by atoms with Crippen molar-refractivity contribution in [1.82, 2.24) is 4.31 Å². The Labute approximate surface area is 72.8 Å². The summed E-state index contributed by atoms with van der Waals surface area (Å²) in [6.07, 6.45) is 2.49. The third-order valence-electron chi connectivity index (χ3n) is 2.49. The van der Waals surface area contributed by atoms with E-state index in [2.05, 4.69) is 0 Å². The molecule has 0 spiro atoms. The van der Waals surface area contributed by atoms with Gasteiger partial charge in [-0.05, 0) is 19.3 Å². The predicted molar refractivity (Wildman–Crippen MR) is 46.1 cm³/mol. The monoisotopic (exact) mass is 190 g/mol. The van der Waals surface area contributed by atoms with Gasteiger partial charge in [0.15, 0.2) is 0 Å². The molecule has 2 aliphatic rings. The summed E-state index contributed by atoms with van der Waals surface area (Å²) < 4.78 is 24.8. The molecule has 0 unspecified atom stereocenters. The highest BCUT2D eigenvalue weighted by Crippen LogP contribution is 2.32. The average Bonchev–Trinajstić information content (AvgIpc) is 2.75. The molecule has 1 saturated heterocycles. The molecule has 1 aliphatic heterocycles. The Morgan fingerprint density at radius 3 is 2.33 bits per heavy atom. The first-order chi connectivity index (χ1) is 5.60. The van der Waals surface area contributed by atoms with Gasteiger partial charge in [0.05, 0.1) is 5.25 Å². The molecule has 0 bridgehead atoms. The van der Waals surface area contributed by atoms with Gasteiger partial charge in [-0.25, -0.2) is 12.7 Å². The summed E-state index contributed by atoms with van der Waals surface area (Å²) in [5.74, 6) is 0. The summed E-state index contributed by atoms with van der Waals surface area (Å²) >= 11 is 0. The van der Waals surface area contributed by atoms with Crippen LogP contribution in [0.25, 0.3) is 0 Å². The Hall–Kier alpha value is -0.130. The molecule has 70 valence electrons. The lowest BCUT2D eigenvalue weighted by molar-refractivity contribution is 0.471. The molecule has 1 saturated carbocycles. The molecule has 1 atom stereocenters. The van der Waals surface area contributed by atoms with Crippen LogP contribution in [-0.4, -0.2) is 37.1 Å². The van der Waals surface area contributed by atoms with E-state index >= 15 is 0 Å². The maximum absolute atomic E-state index is 11.6. The van der Waals surface area contributed by atoms with E-state index in [1.54, 1.807) is 4.31 Å². The Morgan fingerprint density at radius 1 is 1.25 bits per heavy atom. The largest absolute Gasteiger partial charge is 0.326 e. The standard InChI is InChI=1S/C7H14N2O2S/c8-6-3-4-9(5-6)12(10,11)7-1-2-7/h6-7H,1-5,8H2/t6-/m1/s1. The van der Waals surface area contributed by atoms with Gasteiger partial charge in [0, 0.05) is 19.1 Å². The number of nitrogens with zero attached hydrogens (tertiary/aromatic N) is 1. The van der Waals surface area contributed by atoms with E-state index in [1.165, 1.54) is 0 Å². The second-order valence-corrected chi connectivity index (χ2v) is 5.86. The van der Waals surface area contributed by atoms with E-state index in [4.69, 9.17) is 5.73 Å². The van der Waals surface area contributed by atoms with Crippen molar-refractivity contribution in [3.63, 3.8) is 0 Å². The van der Waals surface area contributed by atoms with E-state index in [0.29, 0.717) is 13.1 Å². The third-order valence-corrected chi connectivity index (χ3v) is 4.86. The summed E-state index contributed by atoms with van der Waals surface area (Å²) in [5.41, 5.74) is 5.64. The predicted octanol–water partition coefficient (Wildman–Crippen LogP) is -0.488. The highest BCUT2D eigenvalue weighted by atomic mass is 32.2. The maximum Gasteiger partial charge on any atom is 0.217 e. The molecule has 0 aromatic rings. The fourth-order valence-electron chi connectivity index (χ4n) is 1.56. The molecule has 2 N–H and O–H groups in total. The first kappa shape index (κ1) is 8.47. The molecule has 4 nitrogen and oxygen atoms in total. The Kier molecular flexibility index (Phi) is 1.89. The molecule has 2 rings (SSSR count). The minimum Gasteiger partial charge on any atom is -0.326 e. The topological polar surface area (TPSA) is 63.4 Å².